The Bertz CT molecular complexity index is 626. The number of hydrogen-bond donors (Lipinski definition) is 3. The van der Waals surface area contributed by atoms with Gasteiger partial charge in [-0.05, 0) is 13.0 Å². The van der Waals surface area contributed by atoms with E-state index >= 15 is 0 Å². The van der Waals surface area contributed by atoms with E-state index in [1.165, 1.54) is 6.26 Å². The SMILES string of the molecule is Cc1cc(-c2nc(CNC(=O)O)c(N)nc2Cl)co1. The third kappa shape index (κ3) is 2.94. The summed E-state index contributed by atoms with van der Waals surface area (Å²) < 4.78 is 5.17. The number of halogens is 1. The average molecular weight is 283 g/mol. The van der Waals surface area contributed by atoms with Crippen molar-refractivity contribution in [2.24, 2.45) is 0 Å². The first kappa shape index (κ1) is 13.2. The van der Waals surface area contributed by atoms with Crippen molar-refractivity contribution in [1.82, 2.24) is 15.3 Å². The van der Waals surface area contributed by atoms with E-state index in [2.05, 4.69) is 15.3 Å². The van der Waals surface area contributed by atoms with Gasteiger partial charge in [0.1, 0.15) is 29.2 Å². The number of nitrogens with zero attached hydrogens (tertiary/aromatic N) is 2. The highest BCUT2D eigenvalue weighted by atomic mass is 35.5. The lowest BCUT2D eigenvalue weighted by Crippen LogP contribution is -2.22. The van der Waals surface area contributed by atoms with Gasteiger partial charge in [-0.3, -0.25) is 0 Å². The van der Waals surface area contributed by atoms with Gasteiger partial charge in [0, 0.05) is 5.56 Å². The van der Waals surface area contributed by atoms with E-state index in [9.17, 15) is 4.79 Å². The quantitative estimate of drug-likeness (QED) is 0.794. The smallest absolute Gasteiger partial charge is 0.404 e. The topological polar surface area (TPSA) is 114 Å². The number of aromatic nitrogens is 2. The Balaban J connectivity index is 2.39. The van der Waals surface area contributed by atoms with Crippen LogP contribution in [0.2, 0.25) is 5.15 Å². The van der Waals surface area contributed by atoms with Crippen molar-refractivity contribution in [3.8, 4) is 11.3 Å². The van der Waals surface area contributed by atoms with Gasteiger partial charge in [0.25, 0.3) is 0 Å². The Hall–Kier alpha value is -2.28. The van der Waals surface area contributed by atoms with Crippen molar-refractivity contribution in [1.29, 1.82) is 0 Å². The second-order valence-electron chi connectivity index (χ2n) is 3.80. The molecule has 0 aromatic carbocycles. The number of nitrogen functional groups attached to an aromatic ring is 1. The van der Waals surface area contributed by atoms with Crippen LogP contribution in [-0.2, 0) is 6.54 Å². The zero-order valence-electron chi connectivity index (χ0n) is 9.98. The molecule has 0 bridgehead atoms. The highest BCUT2D eigenvalue weighted by Gasteiger charge is 2.14. The van der Waals surface area contributed by atoms with Gasteiger partial charge in [0.05, 0.1) is 6.54 Å². The molecule has 0 aliphatic rings. The first-order valence-electron chi connectivity index (χ1n) is 5.31. The molecule has 0 unspecified atom stereocenters. The lowest BCUT2D eigenvalue weighted by Gasteiger charge is -2.07. The summed E-state index contributed by atoms with van der Waals surface area (Å²) in [6.07, 6.45) is 0.326. The third-order valence-electron chi connectivity index (χ3n) is 2.37. The van der Waals surface area contributed by atoms with E-state index in [4.69, 9.17) is 26.9 Å². The van der Waals surface area contributed by atoms with Crippen molar-refractivity contribution in [3.05, 3.63) is 28.9 Å². The minimum atomic E-state index is -1.17. The minimum Gasteiger partial charge on any atom is -0.469 e. The van der Waals surface area contributed by atoms with Gasteiger partial charge in [0.2, 0.25) is 0 Å². The van der Waals surface area contributed by atoms with Crippen molar-refractivity contribution < 1.29 is 14.3 Å². The van der Waals surface area contributed by atoms with Gasteiger partial charge in [0.15, 0.2) is 5.15 Å². The van der Waals surface area contributed by atoms with Crippen LogP contribution in [0.1, 0.15) is 11.5 Å². The molecule has 100 valence electrons. The van der Waals surface area contributed by atoms with Crippen LogP contribution in [0.3, 0.4) is 0 Å². The highest BCUT2D eigenvalue weighted by molar-refractivity contribution is 6.31. The summed E-state index contributed by atoms with van der Waals surface area (Å²) in [5, 5.41) is 10.9. The maximum absolute atomic E-state index is 10.5. The molecule has 7 nitrogen and oxygen atoms in total. The summed E-state index contributed by atoms with van der Waals surface area (Å²) in [6.45, 7) is 1.74. The van der Waals surface area contributed by atoms with Gasteiger partial charge in [-0.1, -0.05) is 11.6 Å². The Labute approximate surface area is 113 Å². The van der Waals surface area contributed by atoms with Crippen LogP contribution in [0.15, 0.2) is 16.7 Å². The van der Waals surface area contributed by atoms with Gasteiger partial charge < -0.3 is 20.6 Å². The number of rotatable bonds is 3. The van der Waals surface area contributed by atoms with Gasteiger partial charge >= 0.3 is 6.09 Å². The molecule has 1 amide bonds. The number of hydrogen-bond acceptors (Lipinski definition) is 5. The Kier molecular flexibility index (Phi) is 3.57. The van der Waals surface area contributed by atoms with Crippen LogP contribution >= 0.6 is 11.6 Å². The molecule has 0 aliphatic carbocycles. The molecule has 0 saturated heterocycles. The molecule has 2 rings (SSSR count). The Morgan fingerprint density at radius 1 is 1.58 bits per heavy atom. The van der Waals surface area contributed by atoms with Crippen molar-refractivity contribution in [2.75, 3.05) is 5.73 Å². The monoisotopic (exact) mass is 282 g/mol. The summed E-state index contributed by atoms with van der Waals surface area (Å²) in [7, 11) is 0. The molecule has 2 heterocycles. The average Bonchev–Trinajstić information content (AvgIpc) is 2.74. The van der Waals surface area contributed by atoms with Crippen LogP contribution in [0, 0.1) is 6.92 Å². The van der Waals surface area contributed by atoms with E-state index in [0.717, 1.165) is 0 Å². The van der Waals surface area contributed by atoms with E-state index in [0.29, 0.717) is 22.7 Å². The summed E-state index contributed by atoms with van der Waals surface area (Å²) in [5.41, 5.74) is 7.01. The number of amides is 1. The van der Waals surface area contributed by atoms with E-state index in [-0.39, 0.29) is 17.5 Å². The Morgan fingerprint density at radius 3 is 2.89 bits per heavy atom. The van der Waals surface area contributed by atoms with Gasteiger partial charge in [-0.15, -0.1) is 0 Å². The molecule has 0 aliphatic heterocycles. The maximum atomic E-state index is 10.5. The summed E-state index contributed by atoms with van der Waals surface area (Å²) in [4.78, 5) is 18.6. The fourth-order valence-electron chi connectivity index (χ4n) is 1.50. The van der Waals surface area contributed by atoms with E-state index < -0.39 is 6.09 Å². The molecule has 8 heteroatoms. The number of nitrogens with two attached hydrogens (primary N) is 1. The number of aryl methyl sites for hydroxylation is 1. The largest absolute Gasteiger partial charge is 0.469 e. The molecule has 0 spiro atoms. The molecule has 0 saturated carbocycles. The molecule has 0 atom stereocenters. The van der Waals surface area contributed by atoms with Gasteiger partial charge in [-0.2, -0.15) is 0 Å². The zero-order chi connectivity index (χ0) is 14.0. The summed E-state index contributed by atoms with van der Waals surface area (Å²) in [6, 6.07) is 1.75. The number of carboxylic acid groups (broad SMARTS) is 1. The molecule has 0 fully saturated rings. The van der Waals surface area contributed by atoms with Crippen molar-refractivity contribution >= 4 is 23.5 Å². The first-order valence-corrected chi connectivity index (χ1v) is 5.69. The number of carbonyl (C=O) groups is 1. The van der Waals surface area contributed by atoms with Gasteiger partial charge in [-0.25, -0.2) is 14.8 Å². The van der Waals surface area contributed by atoms with Crippen LogP contribution in [0.5, 0.6) is 0 Å². The highest BCUT2D eigenvalue weighted by Crippen LogP contribution is 2.27. The van der Waals surface area contributed by atoms with Crippen molar-refractivity contribution in [2.45, 2.75) is 13.5 Å². The fraction of sp³-hybridized carbons (Fsp3) is 0.182. The molecule has 4 N–H and O–H groups in total. The predicted octanol–water partition coefficient (Wildman–Crippen LogP) is 2.05. The summed E-state index contributed by atoms with van der Waals surface area (Å²) in [5.74, 6) is 0.789. The maximum Gasteiger partial charge on any atom is 0.404 e. The normalized spacial score (nSPS) is 10.4. The molecular weight excluding hydrogens is 272 g/mol. The minimum absolute atomic E-state index is 0.0465. The van der Waals surface area contributed by atoms with Crippen LogP contribution in [-0.4, -0.2) is 21.2 Å². The van der Waals surface area contributed by atoms with Crippen molar-refractivity contribution in [3.63, 3.8) is 0 Å². The van der Waals surface area contributed by atoms with Crippen LogP contribution in [0.4, 0.5) is 10.6 Å². The lowest BCUT2D eigenvalue weighted by molar-refractivity contribution is 0.194. The van der Waals surface area contributed by atoms with E-state index in [1.54, 1.807) is 13.0 Å². The number of nitrogens with one attached hydrogen (secondary N) is 1. The summed E-state index contributed by atoms with van der Waals surface area (Å²) >= 11 is 5.98. The van der Waals surface area contributed by atoms with Crippen LogP contribution in [0.25, 0.3) is 11.3 Å². The second kappa shape index (κ2) is 5.15. The Morgan fingerprint density at radius 2 is 2.32 bits per heavy atom. The predicted molar refractivity (Wildman–Crippen MR) is 68.8 cm³/mol. The lowest BCUT2D eigenvalue weighted by atomic mass is 10.2. The fourth-order valence-corrected chi connectivity index (χ4v) is 1.74. The van der Waals surface area contributed by atoms with E-state index in [1.807, 2.05) is 0 Å². The second-order valence-corrected chi connectivity index (χ2v) is 4.16. The number of anilines is 1. The molecule has 2 aromatic rings. The number of furan rings is 1. The molecule has 2 aromatic heterocycles. The zero-order valence-corrected chi connectivity index (χ0v) is 10.7. The molecule has 19 heavy (non-hydrogen) atoms. The first-order chi connectivity index (χ1) is 8.97. The molecule has 0 radical (unpaired) electrons. The standard InChI is InChI=1S/C11H11ClN4O3/c1-5-2-6(4-19-5)8-9(12)16-10(13)7(15-8)3-14-11(17)18/h2,4,14H,3H2,1H3,(H2,13,16)(H,17,18). The third-order valence-corrected chi connectivity index (χ3v) is 2.63. The van der Waals surface area contributed by atoms with Crippen LogP contribution < -0.4 is 11.1 Å². The molecular formula is C11H11ClN4O3.